The van der Waals surface area contributed by atoms with Crippen molar-refractivity contribution in [1.29, 1.82) is 0 Å². The standard InChI is InChI=1S/C13H9BrO2/c14-11-6-10(7-12(15)8-11)13(16)9-4-2-1-3-5-9/h1-8,15H. The smallest absolute Gasteiger partial charge is 0.193 e. The molecule has 0 aliphatic rings. The van der Waals surface area contributed by atoms with Crippen LogP contribution in [0.15, 0.2) is 53.0 Å². The van der Waals surface area contributed by atoms with E-state index in [9.17, 15) is 9.90 Å². The summed E-state index contributed by atoms with van der Waals surface area (Å²) in [5.74, 6) is -0.0224. The highest BCUT2D eigenvalue weighted by Crippen LogP contribution is 2.22. The maximum atomic E-state index is 12.0. The fourth-order valence-corrected chi connectivity index (χ4v) is 1.94. The first-order chi connectivity index (χ1) is 7.66. The number of halogens is 1. The molecule has 2 aromatic rings. The quantitative estimate of drug-likeness (QED) is 0.854. The van der Waals surface area contributed by atoms with Gasteiger partial charge in [-0.1, -0.05) is 46.3 Å². The van der Waals surface area contributed by atoms with Gasteiger partial charge < -0.3 is 5.11 Å². The number of benzene rings is 2. The van der Waals surface area contributed by atoms with Gasteiger partial charge in [0, 0.05) is 15.6 Å². The molecule has 0 aliphatic carbocycles. The topological polar surface area (TPSA) is 37.3 Å². The van der Waals surface area contributed by atoms with Crippen LogP contribution in [0.1, 0.15) is 15.9 Å². The van der Waals surface area contributed by atoms with Crippen molar-refractivity contribution in [2.75, 3.05) is 0 Å². The van der Waals surface area contributed by atoms with E-state index in [-0.39, 0.29) is 11.5 Å². The molecule has 2 aromatic carbocycles. The summed E-state index contributed by atoms with van der Waals surface area (Å²) in [5.41, 5.74) is 1.08. The summed E-state index contributed by atoms with van der Waals surface area (Å²) < 4.78 is 0.687. The van der Waals surface area contributed by atoms with Crippen LogP contribution in [0, 0.1) is 0 Å². The summed E-state index contributed by atoms with van der Waals surface area (Å²) in [6.07, 6.45) is 0. The fraction of sp³-hybridized carbons (Fsp3) is 0. The Labute approximate surface area is 102 Å². The lowest BCUT2D eigenvalue weighted by molar-refractivity contribution is 0.103. The van der Waals surface area contributed by atoms with Crippen molar-refractivity contribution in [2.24, 2.45) is 0 Å². The van der Waals surface area contributed by atoms with Crippen LogP contribution in [-0.2, 0) is 0 Å². The Morgan fingerprint density at radius 2 is 1.69 bits per heavy atom. The highest BCUT2D eigenvalue weighted by molar-refractivity contribution is 9.10. The second-order valence-electron chi connectivity index (χ2n) is 3.39. The predicted octanol–water partition coefficient (Wildman–Crippen LogP) is 3.39. The molecule has 0 amide bonds. The zero-order valence-corrected chi connectivity index (χ0v) is 9.94. The van der Waals surface area contributed by atoms with Crippen molar-refractivity contribution in [2.45, 2.75) is 0 Å². The summed E-state index contributed by atoms with van der Waals surface area (Å²) in [6.45, 7) is 0. The average Bonchev–Trinajstić information content (AvgIpc) is 2.28. The molecule has 0 bridgehead atoms. The van der Waals surface area contributed by atoms with Crippen molar-refractivity contribution in [3.05, 3.63) is 64.1 Å². The van der Waals surface area contributed by atoms with Gasteiger partial charge in [0.25, 0.3) is 0 Å². The summed E-state index contributed by atoms with van der Waals surface area (Å²) >= 11 is 3.24. The Bertz CT molecular complexity index is 500. The number of hydrogen-bond acceptors (Lipinski definition) is 2. The number of carbonyl (C=O) groups excluding carboxylic acids is 1. The molecule has 0 saturated heterocycles. The molecule has 3 heteroatoms. The first-order valence-corrected chi connectivity index (χ1v) is 5.55. The van der Waals surface area contributed by atoms with Gasteiger partial charge in [-0.25, -0.2) is 0 Å². The zero-order valence-electron chi connectivity index (χ0n) is 8.35. The van der Waals surface area contributed by atoms with Gasteiger partial charge in [0.2, 0.25) is 0 Å². The molecule has 0 fully saturated rings. The van der Waals surface area contributed by atoms with E-state index in [1.54, 1.807) is 24.3 Å². The van der Waals surface area contributed by atoms with Crippen LogP contribution in [0.25, 0.3) is 0 Å². The van der Waals surface area contributed by atoms with Gasteiger partial charge in [0.15, 0.2) is 5.78 Å². The largest absolute Gasteiger partial charge is 0.508 e. The molecule has 0 aliphatic heterocycles. The van der Waals surface area contributed by atoms with E-state index in [0.29, 0.717) is 15.6 Å². The lowest BCUT2D eigenvalue weighted by atomic mass is 10.0. The minimum Gasteiger partial charge on any atom is -0.508 e. The lowest BCUT2D eigenvalue weighted by Crippen LogP contribution is -2.00. The van der Waals surface area contributed by atoms with E-state index < -0.39 is 0 Å². The Balaban J connectivity index is 2.42. The van der Waals surface area contributed by atoms with E-state index in [0.717, 1.165) is 0 Å². The van der Waals surface area contributed by atoms with Gasteiger partial charge in [-0.2, -0.15) is 0 Å². The van der Waals surface area contributed by atoms with E-state index in [1.807, 2.05) is 18.2 Å². The average molecular weight is 277 g/mol. The molecule has 16 heavy (non-hydrogen) atoms. The Morgan fingerprint density at radius 3 is 2.31 bits per heavy atom. The van der Waals surface area contributed by atoms with Crippen LogP contribution in [0.2, 0.25) is 0 Å². The van der Waals surface area contributed by atoms with Gasteiger partial charge in [0.05, 0.1) is 0 Å². The van der Waals surface area contributed by atoms with Gasteiger partial charge in [-0.3, -0.25) is 4.79 Å². The molecule has 0 unspecified atom stereocenters. The number of rotatable bonds is 2. The summed E-state index contributed by atoms with van der Waals surface area (Å²) in [7, 11) is 0. The highest BCUT2D eigenvalue weighted by atomic mass is 79.9. The number of hydrogen-bond donors (Lipinski definition) is 1. The minimum atomic E-state index is -0.0998. The second kappa shape index (κ2) is 4.49. The highest BCUT2D eigenvalue weighted by Gasteiger charge is 2.09. The molecule has 80 valence electrons. The first-order valence-electron chi connectivity index (χ1n) is 4.76. The molecule has 0 saturated carbocycles. The maximum Gasteiger partial charge on any atom is 0.193 e. The first kappa shape index (κ1) is 10.9. The normalized spacial score (nSPS) is 10.1. The van der Waals surface area contributed by atoms with Crippen LogP contribution < -0.4 is 0 Å². The molecule has 0 radical (unpaired) electrons. The van der Waals surface area contributed by atoms with Crippen molar-refractivity contribution in [3.63, 3.8) is 0 Å². The molecule has 0 atom stereocenters. The maximum absolute atomic E-state index is 12.0. The molecular weight excluding hydrogens is 268 g/mol. The zero-order chi connectivity index (χ0) is 11.5. The van der Waals surface area contributed by atoms with Crippen LogP contribution >= 0.6 is 15.9 Å². The van der Waals surface area contributed by atoms with Crippen molar-refractivity contribution in [3.8, 4) is 5.75 Å². The van der Waals surface area contributed by atoms with Gasteiger partial charge >= 0.3 is 0 Å². The molecule has 2 nitrogen and oxygen atoms in total. The van der Waals surface area contributed by atoms with Crippen molar-refractivity contribution < 1.29 is 9.90 Å². The number of phenolic OH excluding ortho intramolecular Hbond substituents is 1. The predicted molar refractivity (Wildman–Crippen MR) is 65.7 cm³/mol. The third-order valence-corrected chi connectivity index (χ3v) is 2.64. The van der Waals surface area contributed by atoms with Gasteiger partial charge in [0.1, 0.15) is 5.75 Å². The van der Waals surface area contributed by atoms with Crippen LogP contribution in [0.4, 0.5) is 0 Å². The number of phenols is 1. The monoisotopic (exact) mass is 276 g/mol. The molecule has 0 heterocycles. The van der Waals surface area contributed by atoms with Crippen LogP contribution in [0.5, 0.6) is 5.75 Å². The van der Waals surface area contributed by atoms with E-state index in [2.05, 4.69) is 15.9 Å². The van der Waals surface area contributed by atoms with Crippen molar-refractivity contribution in [1.82, 2.24) is 0 Å². The molecule has 1 N–H and O–H groups in total. The number of carbonyl (C=O) groups is 1. The van der Waals surface area contributed by atoms with Gasteiger partial charge in [-0.05, 0) is 18.2 Å². The third-order valence-electron chi connectivity index (χ3n) is 2.18. The molecule has 0 spiro atoms. The lowest BCUT2D eigenvalue weighted by Gasteiger charge is -2.02. The molecular formula is C13H9BrO2. The Kier molecular flexibility index (Phi) is 3.06. The van der Waals surface area contributed by atoms with Crippen molar-refractivity contribution >= 4 is 21.7 Å². The van der Waals surface area contributed by atoms with Crippen LogP contribution in [0.3, 0.4) is 0 Å². The van der Waals surface area contributed by atoms with Gasteiger partial charge in [-0.15, -0.1) is 0 Å². The minimum absolute atomic E-state index is 0.0775. The van der Waals surface area contributed by atoms with Crippen LogP contribution in [-0.4, -0.2) is 10.9 Å². The number of aromatic hydroxyl groups is 1. The van der Waals surface area contributed by atoms with E-state index in [1.165, 1.54) is 6.07 Å². The number of ketones is 1. The van der Waals surface area contributed by atoms with E-state index >= 15 is 0 Å². The summed E-state index contributed by atoms with van der Waals surface area (Å²) in [6, 6.07) is 13.7. The molecule has 2 rings (SSSR count). The third kappa shape index (κ3) is 2.31. The fourth-order valence-electron chi connectivity index (χ4n) is 1.46. The van der Waals surface area contributed by atoms with E-state index in [4.69, 9.17) is 0 Å². The summed E-state index contributed by atoms with van der Waals surface area (Å²) in [5, 5.41) is 9.41. The second-order valence-corrected chi connectivity index (χ2v) is 4.31. The molecule has 0 aromatic heterocycles. The SMILES string of the molecule is O=C(c1ccccc1)c1cc(O)cc(Br)c1. The summed E-state index contributed by atoms with van der Waals surface area (Å²) in [4.78, 5) is 12.0. The Hall–Kier alpha value is -1.61. The Morgan fingerprint density at radius 1 is 1.00 bits per heavy atom.